The summed E-state index contributed by atoms with van der Waals surface area (Å²) >= 11 is 5.89. The van der Waals surface area contributed by atoms with E-state index in [0.717, 1.165) is 36.3 Å². The highest BCUT2D eigenvalue weighted by Gasteiger charge is 2.27. The molecule has 47 heavy (non-hydrogen) atoms. The lowest BCUT2D eigenvalue weighted by Gasteiger charge is -2.25. The third kappa shape index (κ3) is 7.95. The summed E-state index contributed by atoms with van der Waals surface area (Å²) in [6.07, 6.45) is 0. The fraction of sp³-hybridized carbons (Fsp3) is 0.400. The smallest absolute Gasteiger partial charge is 0.143 e. The molecule has 0 unspecified atom stereocenters. The van der Waals surface area contributed by atoms with E-state index in [1.54, 1.807) is 23.5 Å². The van der Waals surface area contributed by atoms with E-state index < -0.39 is 0 Å². The molecule has 4 aromatic rings. The van der Waals surface area contributed by atoms with E-state index in [0.29, 0.717) is 19.6 Å². The van der Waals surface area contributed by atoms with Crippen LogP contribution in [0.1, 0.15) is 105 Å². The van der Waals surface area contributed by atoms with E-state index in [-0.39, 0.29) is 38.9 Å². The molecule has 1 aliphatic heterocycles. The highest BCUT2D eigenvalue weighted by Crippen LogP contribution is 2.53. The van der Waals surface area contributed by atoms with Crippen LogP contribution in [0.5, 0.6) is 17.2 Å². The molecule has 0 aromatic heterocycles. The minimum absolute atomic E-state index is 0.107. The number of phenolic OH excluding ortho intramolecular Hbond substituents is 3. The zero-order valence-electron chi connectivity index (χ0n) is 29.7. The number of rotatable bonds is 0. The number of phenols is 3. The van der Waals surface area contributed by atoms with E-state index in [1.165, 1.54) is 29.1 Å². The van der Waals surface area contributed by atoms with Crippen LogP contribution in [0.15, 0.2) is 93.8 Å². The SMILES string of the molecule is CC(C)(C)c1cc2cc(c1)Sc1cc(C(C)(C)C)cc(c1O)Sc1cc(C(C)(C)C)cc(c1O)Sc1cc(C(C)(C)C)cc(c1O)S2. The molecular formula is C40H48O3S4. The lowest BCUT2D eigenvalue weighted by Crippen LogP contribution is -2.12. The van der Waals surface area contributed by atoms with E-state index in [2.05, 4.69) is 126 Å². The molecule has 0 saturated carbocycles. The van der Waals surface area contributed by atoms with Crippen molar-refractivity contribution in [1.29, 1.82) is 0 Å². The molecule has 0 atom stereocenters. The summed E-state index contributed by atoms with van der Waals surface area (Å²) < 4.78 is 0. The maximum atomic E-state index is 11.8. The van der Waals surface area contributed by atoms with Gasteiger partial charge in [0.05, 0.1) is 29.4 Å². The number of aromatic hydroxyl groups is 3. The van der Waals surface area contributed by atoms with Crippen molar-refractivity contribution < 1.29 is 15.3 Å². The van der Waals surface area contributed by atoms with E-state index >= 15 is 0 Å². The predicted octanol–water partition coefficient (Wildman–Crippen LogP) is 12.9. The van der Waals surface area contributed by atoms with Crippen LogP contribution in [0.3, 0.4) is 0 Å². The summed E-state index contributed by atoms with van der Waals surface area (Å²) in [7, 11) is 0. The second kappa shape index (κ2) is 12.5. The Bertz CT molecular complexity index is 1730. The zero-order valence-corrected chi connectivity index (χ0v) is 32.9. The van der Waals surface area contributed by atoms with Gasteiger partial charge in [-0.05, 0) is 98.5 Å². The van der Waals surface area contributed by atoms with Crippen LogP contribution in [0.2, 0.25) is 0 Å². The fourth-order valence-electron chi connectivity index (χ4n) is 5.13. The van der Waals surface area contributed by atoms with Gasteiger partial charge in [0.25, 0.3) is 0 Å². The summed E-state index contributed by atoms with van der Waals surface area (Å²) in [4.78, 5) is 6.32. The maximum absolute atomic E-state index is 11.8. The van der Waals surface area contributed by atoms with Gasteiger partial charge in [0, 0.05) is 9.79 Å². The van der Waals surface area contributed by atoms with Crippen molar-refractivity contribution in [3.05, 3.63) is 76.9 Å². The van der Waals surface area contributed by atoms with Crippen LogP contribution in [0.25, 0.3) is 0 Å². The highest BCUT2D eigenvalue weighted by atomic mass is 32.2. The van der Waals surface area contributed by atoms with Gasteiger partial charge >= 0.3 is 0 Å². The van der Waals surface area contributed by atoms with Crippen molar-refractivity contribution in [2.75, 3.05) is 0 Å². The number of benzene rings is 4. The number of hydrogen-bond donors (Lipinski definition) is 3. The molecule has 4 aromatic carbocycles. The Kier molecular flexibility index (Phi) is 9.59. The highest BCUT2D eigenvalue weighted by molar-refractivity contribution is 8.01. The number of fused-ring (bicyclic) bond motifs is 8. The normalized spacial score (nSPS) is 14.3. The fourth-order valence-corrected chi connectivity index (χ4v) is 9.47. The average Bonchev–Trinajstić information content (AvgIpc) is 2.92. The van der Waals surface area contributed by atoms with E-state index in [4.69, 9.17) is 0 Å². The van der Waals surface area contributed by atoms with Gasteiger partial charge in [-0.2, -0.15) is 0 Å². The van der Waals surface area contributed by atoms with Gasteiger partial charge in [-0.3, -0.25) is 0 Å². The first-order valence-corrected chi connectivity index (χ1v) is 19.3. The van der Waals surface area contributed by atoms with Crippen LogP contribution >= 0.6 is 47.0 Å². The third-order valence-electron chi connectivity index (χ3n) is 8.36. The minimum atomic E-state index is -0.195. The Morgan fingerprint density at radius 1 is 0.319 bits per heavy atom. The van der Waals surface area contributed by atoms with Gasteiger partial charge in [-0.15, -0.1) is 0 Å². The van der Waals surface area contributed by atoms with E-state index in [9.17, 15) is 15.3 Å². The lowest BCUT2D eigenvalue weighted by molar-refractivity contribution is 0.443. The first kappa shape index (κ1) is 36.0. The molecule has 1 heterocycles. The zero-order chi connectivity index (χ0) is 34.9. The molecule has 1 aliphatic rings. The summed E-state index contributed by atoms with van der Waals surface area (Å²) in [6.45, 7) is 26.2. The molecule has 0 aliphatic carbocycles. The second-order valence-electron chi connectivity index (χ2n) is 16.6. The second-order valence-corrected chi connectivity index (χ2v) is 21.0. The lowest BCUT2D eigenvalue weighted by atomic mass is 9.87. The molecular weight excluding hydrogens is 657 g/mol. The predicted molar refractivity (Wildman–Crippen MR) is 202 cm³/mol. The molecule has 3 N–H and O–H groups in total. The monoisotopic (exact) mass is 704 g/mol. The molecule has 8 bridgehead atoms. The van der Waals surface area contributed by atoms with Crippen LogP contribution < -0.4 is 0 Å². The molecule has 0 spiro atoms. The first-order valence-electron chi connectivity index (χ1n) is 16.0. The molecule has 3 nitrogen and oxygen atoms in total. The topological polar surface area (TPSA) is 60.7 Å². The van der Waals surface area contributed by atoms with Gasteiger partial charge < -0.3 is 15.3 Å². The summed E-state index contributed by atoms with van der Waals surface area (Å²) in [6, 6.07) is 19.0. The van der Waals surface area contributed by atoms with Gasteiger partial charge in [0.2, 0.25) is 0 Å². The Morgan fingerprint density at radius 3 is 0.766 bits per heavy atom. The van der Waals surface area contributed by atoms with Gasteiger partial charge in [-0.25, -0.2) is 0 Å². The Morgan fingerprint density at radius 2 is 0.532 bits per heavy atom. The average molecular weight is 705 g/mol. The molecule has 0 radical (unpaired) electrons. The molecule has 0 amide bonds. The largest absolute Gasteiger partial charge is 0.506 e. The van der Waals surface area contributed by atoms with Crippen LogP contribution in [0, 0.1) is 0 Å². The van der Waals surface area contributed by atoms with Crippen molar-refractivity contribution >= 4 is 47.0 Å². The molecule has 7 heteroatoms. The quantitative estimate of drug-likeness (QED) is 0.148. The first-order chi connectivity index (χ1) is 21.5. The maximum Gasteiger partial charge on any atom is 0.143 e. The molecule has 5 rings (SSSR count). The number of hydrogen-bond acceptors (Lipinski definition) is 7. The van der Waals surface area contributed by atoms with Crippen molar-refractivity contribution in [1.82, 2.24) is 0 Å². The Labute approximate surface area is 298 Å². The molecule has 0 saturated heterocycles. The van der Waals surface area contributed by atoms with Gasteiger partial charge in [-0.1, -0.05) is 130 Å². The van der Waals surface area contributed by atoms with Crippen molar-refractivity contribution in [3.8, 4) is 17.2 Å². The van der Waals surface area contributed by atoms with Gasteiger partial charge in [0.15, 0.2) is 0 Å². The standard InChI is InChI=1S/C40H48O3S4/c1-37(2,3)22-13-26-21-27(14-22)45-29-16-24(39(7,8)9)18-31(35(29)42)47-33-20-25(40(10,11)12)19-32(36(33)43)46-30-17-23(38(4,5)6)15-28(44-26)34(30)41/h13-21,41-43H,1-12H3. The summed E-state index contributed by atoms with van der Waals surface area (Å²) in [5, 5.41) is 35.5. The van der Waals surface area contributed by atoms with Crippen molar-refractivity contribution in [2.24, 2.45) is 0 Å². The molecule has 0 fully saturated rings. The Balaban J connectivity index is 1.86. The summed E-state index contributed by atoms with van der Waals surface area (Å²) in [5.74, 6) is 0.565. The van der Waals surface area contributed by atoms with Crippen LogP contribution in [-0.4, -0.2) is 15.3 Å². The minimum Gasteiger partial charge on any atom is -0.506 e. The van der Waals surface area contributed by atoms with Crippen molar-refractivity contribution in [2.45, 2.75) is 144 Å². The van der Waals surface area contributed by atoms with E-state index in [1.807, 2.05) is 12.1 Å². The molecule has 250 valence electrons. The van der Waals surface area contributed by atoms with Crippen LogP contribution in [0.4, 0.5) is 0 Å². The van der Waals surface area contributed by atoms with Crippen molar-refractivity contribution in [3.63, 3.8) is 0 Å². The van der Waals surface area contributed by atoms with Gasteiger partial charge in [0.1, 0.15) is 17.2 Å². The summed E-state index contributed by atoms with van der Waals surface area (Å²) in [5.41, 5.74) is 3.85. The third-order valence-corrected chi connectivity index (χ3v) is 12.5. The Hall–Kier alpha value is -2.32. The van der Waals surface area contributed by atoms with Crippen LogP contribution in [-0.2, 0) is 21.7 Å².